The summed E-state index contributed by atoms with van der Waals surface area (Å²) in [4.78, 5) is 17.5. The quantitative estimate of drug-likeness (QED) is 0.631. The fourth-order valence-electron chi connectivity index (χ4n) is 2.46. The zero-order chi connectivity index (χ0) is 13.7. The number of hydroxylamine groups is 1. The maximum Gasteiger partial charge on any atom is 0.254 e. The number of rotatable bonds is 6. The molecule has 2 rings (SSSR count). The van der Waals surface area contributed by atoms with Gasteiger partial charge in [-0.2, -0.15) is 0 Å². The zero-order valence-corrected chi connectivity index (χ0v) is 11.6. The van der Waals surface area contributed by atoms with Crippen LogP contribution in [-0.4, -0.2) is 26.2 Å². The Morgan fingerprint density at radius 3 is 2.74 bits per heavy atom. The van der Waals surface area contributed by atoms with Crippen molar-refractivity contribution < 1.29 is 14.4 Å². The fraction of sp³-hybridized carbons (Fsp3) is 0.533. The highest BCUT2D eigenvalue weighted by Gasteiger charge is 2.45. The molecule has 0 saturated heterocycles. The average molecular weight is 263 g/mol. The molecule has 0 aliphatic heterocycles. The summed E-state index contributed by atoms with van der Waals surface area (Å²) in [6, 6.07) is 8.17. The predicted molar refractivity (Wildman–Crippen MR) is 72.7 cm³/mol. The van der Waals surface area contributed by atoms with Crippen LogP contribution < -0.4 is 5.48 Å². The van der Waals surface area contributed by atoms with Gasteiger partial charge in [-0.05, 0) is 25.3 Å². The Balaban J connectivity index is 2.03. The standard InChI is InChI=1S/C15H21NO3/c1-12-5-3-6-13(11-12)15(7-4-8-15)14(17)16-19-10-9-18-2/h3,5-6,11H,4,7-10H2,1-2H3,(H,16,17). The topological polar surface area (TPSA) is 47.6 Å². The van der Waals surface area contributed by atoms with Gasteiger partial charge in [-0.25, -0.2) is 5.48 Å². The van der Waals surface area contributed by atoms with Crippen LogP contribution in [0.5, 0.6) is 0 Å². The second-order valence-electron chi connectivity index (χ2n) is 5.08. The van der Waals surface area contributed by atoms with Crippen molar-refractivity contribution in [1.29, 1.82) is 0 Å². The number of ether oxygens (including phenoxy) is 1. The summed E-state index contributed by atoms with van der Waals surface area (Å²) in [5, 5.41) is 0. The van der Waals surface area contributed by atoms with E-state index in [1.165, 1.54) is 5.56 Å². The normalized spacial score (nSPS) is 16.7. The molecule has 19 heavy (non-hydrogen) atoms. The van der Waals surface area contributed by atoms with Gasteiger partial charge in [0.05, 0.1) is 18.6 Å². The minimum absolute atomic E-state index is 0.0412. The summed E-state index contributed by atoms with van der Waals surface area (Å²) in [5.74, 6) is -0.0412. The molecule has 4 nitrogen and oxygen atoms in total. The summed E-state index contributed by atoms with van der Waals surface area (Å²) >= 11 is 0. The number of amides is 1. The first-order valence-corrected chi connectivity index (χ1v) is 6.67. The predicted octanol–water partition coefficient (Wildman–Crippen LogP) is 2.11. The van der Waals surface area contributed by atoms with Crippen molar-refractivity contribution >= 4 is 5.91 Å². The summed E-state index contributed by atoms with van der Waals surface area (Å²) in [5.41, 5.74) is 4.42. The third-order valence-electron chi connectivity index (χ3n) is 3.77. The number of carbonyl (C=O) groups excluding carboxylic acids is 1. The van der Waals surface area contributed by atoms with Crippen molar-refractivity contribution in [3.05, 3.63) is 35.4 Å². The van der Waals surface area contributed by atoms with Crippen molar-refractivity contribution in [1.82, 2.24) is 5.48 Å². The van der Waals surface area contributed by atoms with Gasteiger partial charge in [0.15, 0.2) is 0 Å². The Kier molecular flexibility index (Phi) is 4.56. The van der Waals surface area contributed by atoms with E-state index in [1.807, 2.05) is 25.1 Å². The minimum atomic E-state index is -0.404. The van der Waals surface area contributed by atoms with Crippen molar-refractivity contribution in [3.63, 3.8) is 0 Å². The number of carbonyl (C=O) groups is 1. The molecule has 1 aliphatic carbocycles. The van der Waals surface area contributed by atoms with E-state index in [1.54, 1.807) is 7.11 Å². The van der Waals surface area contributed by atoms with E-state index >= 15 is 0 Å². The zero-order valence-electron chi connectivity index (χ0n) is 11.6. The van der Waals surface area contributed by atoms with Gasteiger partial charge >= 0.3 is 0 Å². The molecule has 0 unspecified atom stereocenters. The molecular weight excluding hydrogens is 242 g/mol. The van der Waals surface area contributed by atoms with E-state index in [4.69, 9.17) is 9.57 Å². The van der Waals surface area contributed by atoms with Crippen LogP contribution in [0.25, 0.3) is 0 Å². The van der Waals surface area contributed by atoms with Gasteiger partial charge in [0.25, 0.3) is 5.91 Å². The number of benzene rings is 1. The highest BCUT2D eigenvalue weighted by molar-refractivity contribution is 5.88. The average Bonchev–Trinajstić information content (AvgIpc) is 2.33. The van der Waals surface area contributed by atoms with Gasteiger partial charge < -0.3 is 4.74 Å². The first-order valence-electron chi connectivity index (χ1n) is 6.67. The lowest BCUT2D eigenvalue weighted by molar-refractivity contribution is -0.144. The van der Waals surface area contributed by atoms with Crippen LogP contribution in [0.4, 0.5) is 0 Å². The van der Waals surface area contributed by atoms with Crippen LogP contribution in [0.15, 0.2) is 24.3 Å². The van der Waals surface area contributed by atoms with Gasteiger partial charge in [-0.3, -0.25) is 9.63 Å². The van der Waals surface area contributed by atoms with Crippen LogP contribution >= 0.6 is 0 Å². The van der Waals surface area contributed by atoms with Gasteiger partial charge in [-0.1, -0.05) is 36.2 Å². The molecule has 0 bridgehead atoms. The molecule has 0 aromatic heterocycles. The summed E-state index contributed by atoms with van der Waals surface area (Å²) in [6.45, 7) is 2.88. The molecule has 0 radical (unpaired) electrons. The summed E-state index contributed by atoms with van der Waals surface area (Å²) in [6.07, 6.45) is 2.85. The van der Waals surface area contributed by atoms with E-state index < -0.39 is 5.41 Å². The van der Waals surface area contributed by atoms with E-state index in [0.717, 1.165) is 24.8 Å². The van der Waals surface area contributed by atoms with E-state index in [0.29, 0.717) is 13.2 Å². The monoisotopic (exact) mass is 263 g/mol. The summed E-state index contributed by atoms with van der Waals surface area (Å²) in [7, 11) is 1.60. The van der Waals surface area contributed by atoms with E-state index in [-0.39, 0.29) is 5.91 Å². The molecular formula is C15H21NO3. The lowest BCUT2D eigenvalue weighted by atomic mass is 9.64. The van der Waals surface area contributed by atoms with Crippen LogP contribution in [0, 0.1) is 6.92 Å². The van der Waals surface area contributed by atoms with Crippen LogP contribution in [0.1, 0.15) is 30.4 Å². The van der Waals surface area contributed by atoms with Crippen LogP contribution in [0.2, 0.25) is 0 Å². The van der Waals surface area contributed by atoms with Crippen LogP contribution in [0.3, 0.4) is 0 Å². The van der Waals surface area contributed by atoms with Gasteiger partial charge in [-0.15, -0.1) is 0 Å². The number of methoxy groups -OCH3 is 1. The largest absolute Gasteiger partial charge is 0.382 e. The van der Waals surface area contributed by atoms with Crippen molar-refractivity contribution in [2.75, 3.05) is 20.3 Å². The Morgan fingerprint density at radius 1 is 1.37 bits per heavy atom. The molecule has 0 atom stereocenters. The number of hydrogen-bond acceptors (Lipinski definition) is 3. The van der Waals surface area contributed by atoms with Crippen molar-refractivity contribution in [2.24, 2.45) is 0 Å². The lowest BCUT2D eigenvalue weighted by Gasteiger charge is -2.40. The molecule has 1 saturated carbocycles. The molecule has 1 aromatic rings. The molecule has 1 N–H and O–H groups in total. The fourth-order valence-corrected chi connectivity index (χ4v) is 2.46. The SMILES string of the molecule is COCCONC(=O)C1(c2cccc(C)c2)CCC1. The Bertz CT molecular complexity index is 441. The van der Waals surface area contributed by atoms with Gasteiger partial charge in [0, 0.05) is 7.11 Å². The van der Waals surface area contributed by atoms with E-state index in [9.17, 15) is 4.79 Å². The highest BCUT2D eigenvalue weighted by Crippen LogP contribution is 2.44. The summed E-state index contributed by atoms with van der Waals surface area (Å²) < 4.78 is 4.87. The molecule has 0 spiro atoms. The third-order valence-corrected chi connectivity index (χ3v) is 3.77. The molecule has 1 aromatic carbocycles. The molecule has 1 fully saturated rings. The number of aryl methyl sites for hydroxylation is 1. The molecule has 1 aliphatic rings. The van der Waals surface area contributed by atoms with Gasteiger partial charge in [0.2, 0.25) is 0 Å². The first-order chi connectivity index (χ1) is 9.19. The van der Waals surface area contributed by atoms with Crippen molar-refractivity contribution in [2.45, 2.75) is 31.6 Å². The second kappa shape index (κ2) is 6.17. The Hall–Kier alpha value is -1.39. The number of nitrogens with one attached hydrogen (secondary N) is 1. The molecule has 4 heteroatoms. The maximum absolute atomic E-state index is 12.3. The van der Waals surface area contributed by atoms with Gasteiger partial charge in [0.1, 0.15) is 0 Å². The first kappa shape index (κ1) is 14.0. The second-order valence-corrected chi connectivity index (χ2v) is 5.08. The third kappa shape index (κ3) is 2.96. The lowest BCUT2D eigenvalue weighted by Crippen LogP contribution is -2.49. The van der Waals surface area contributed by atoms with Crippen molar-refractivity contribution in [3.8, 4) is 0 Å². The smallest absolute Gasteiger partial charge is 0.254 e. The van der Waals surface area contributed by atoms with E-state index in [2.05, 4.69) is 11.5 Å². The molecule has 104 valence electrons. The highest BCUT2D eigenvalue weighted by atomic mass is 16.7. The maximum atomic E-state index is 12.3. The van der Waals surface area contributed by atoms with Crippen LogP contribution in [-0.2, 0) is 19.8 Å². The Labute approximate surface area is 114 Å². The molecule has 1 amide bonds. The Morgan fingerprint density at radius 2 is 2.16 bits per heavy atom. The molecule has 0 heterocycles. The minimum Gasteiger partial charge on any atom is -0.382 e. The number of hydrogen-bond donors (Lipinski definition) is 1.